The normalized spacial score (nSPS) is 12.3. The predicted octanol–water partition coefficient (Wildman–Crippen LogP) is 3.37. The molecule has 0 aliphatic heterocycles. The first kappa shape index (κ1) is 19.0. The van der Waals surface area contributed by atoms with E-state index in [4.69, 9.17) is 4.74 Å². The van der Waals surface area contributed by atoms with E-state index in [-0.39, 0.29) is 18.5 Å². The van der Waals surface area contributed by atoms with Crippen LogP contribution in [0.25, 0.3) is 11.0 Å². The van der Waals surface area contributed by atoms with Crippen molar-refractivity contribution >= 4 is 22.6 Å². The molecule has 6 nitrogen and oxygen atoms in total. The lowest BCUT2D eigenvalue weighted by atomic mass is 10.0. The molecule has 142 valence electrons. The van der Waals surface area contributed by atoms with E-state index in [1.165, 1.54) is 0 Å². The third-order valence-electron chi connectivity index (χ3n) is 4.77. The summed E-state index contributed by atoms with van der Waals surface area (Å²) in [5.41, 5.74) is 4.83. The summed E-state index contributed by atoms with van der Waals surface area (Å²) in [5.74, 6) is -0.0285. The second-order valence-corrected chi connectivity index (χ2v) is 6.74. The van der Waals surface area contributed by atoms with E-state index in [1.54, 1.807) is 11.8 Å². The Bertz CT molecular complexity index is 935. The Morgan fingerprint density at radius 1 is 1.22 bits per heavy atom. The number of aryl methyl sites for hydroxylation is 2. The monoisotopic (exact) mass is 366 g/mol. The Balaban J connectivity index is 2.00. The molecule has 0 saturated carbocycles. The van der Waals surface area contributed by atoms with Crippen LogP contribution in [0.2, 0.25) is 0 Å². The molecule has 6 heteroatoms. The first-order chi connectivity index (χ1) is 13.1. The molecule has 1 amide bonds. The van der Waals surface area contributed by atoms with E-state index < -0.39 is 0 Å². The van der Waals surface area contributed by atoms with Gasteiger partial charge in [0.15, 0.2) is 0 Å². The van der Waals surface area contributed by atoms with Gasteiger partial charge >= 0.3 is 0 Å². The van der Waals surface area contributed by atoms with Crippen molar-refractivity contribution < 1.29 is 9.53 Å². The average molecular weight is 366 g/mol. The van der Waals surface area contributed by atoms with Crippen LogP contribution in [-0.2, 0) is 22.5 Å². The minimum atomic E-state index is -0.0938. The first-order valence-electron chi connectivity index (χ1n) is 9.24. The maximum absolute atomic E-state index is 13.4. The summed E-state index contributed by atoms with van der Waals surface area (Å²) < 4.78 is 7.01. The molecule has 0 unspecified atom stereocenters. The van der Waals surface area contributed by atoms with Crippen molar-refractivity contribution in [2.45, 2.75) is 39.8 Å². The molecule has 0 fully saturated rings. The molecule has 0 aliphatic carbocycles. The maximum Gasteiger partial charge on any atom is 0.249 e. The van der Waals surface area contributed by atoms with Crippen LogP contribution in [0, 0.1) is 6.92 Å². The summed E-state index contributed by atoms with van der Waals surface area (Å²) in [6.07, 6.45) is 0.854. The van der Waals surface area contributed by atoms with E-state index in [9.17, 15) is 4.79 Å². The van der Waals surface area contributed by atoms with Gasteiger partial charge in [-0.15, -0.1) is 5.10 Å². The van der Waals surface area contributed by atoms with Crippen molar-refractivity contribution in [3.8, 4) is 0 Å². The highest BCUT2D eigenvalue weighted by atomic mass is 16.5. The van der Waals surface area contributed by atoms with Gasteiger partial charge < -0.3 is 9.64 Å². The second kappa shape index (κ2) is 8.31. The van der Waals surface area contributed by atoms with Gasteiger partial charge in [-0.05, 0) is 43.5 Å². The molecule has 1 aromatic heterocycles. The van der Waals surface area contributed by atoms with Gasteiger partial charge in [0.2, 0.25) is 5.91 Å². The fourth-order valence-corrected chi connectivity index (χ4v) is 3.49. The van der Waals surface area contributed by atoms with E-state index in [2.05, 4.69) is 23.3 Å². The Kier molecular flexibility index (Phi) is 5.86. The van der Waals surface area contributed by atoms with Crippen molar-refractivity contribution in [2.24, 2.45) is 0 Å². The fourth-order valence-electron chi connectivity index (χ4n) is 3.49. The highest BCUT2D eigenvalue weighted by molar-refractivity contribution is 5.96. The number of aromatic nitrogens is 3. The smallest absolute Gasteiger partial charge is 0.249 e. The first-order valence-corrected chi connectivity index (χ1v) is 9.24. The number of amides is 1. The summed E-state index contributed by atoms with van der Waals surface area (Å²) in [7, 11) is 1.66. The van der Waals surface area contributed by atoms with Crippen molar-refractivity contribution in [3.63, 3.8) is 0 Å². The number of carbonyl (C=O) groups excluding carboxylic acids is 1. The number of hydrogen-bond donors (Lipinski definition) is 0. The fraction of sp³-hybridized carbons (Fsp3) is 0.381. The number of fused-ring (bicyclic) bond motifs is 1. The molecule has 27 heavy (non-hydrogen) atoms. The zero-order chi connectivity index (χ0) is 19.4. The van der Waals surface area contributed by atoms with Crippen LogP contribution in [0.5, 0.6) is 0 Å². The Labute approximate surface area is 159 Å². The standard InChI is InChI=1S/C21H26N4O2/c1-5-17-10-8-9-15(2)21(17)25(16(3)14-27-4)20(26)13-24-19-12-7-6-11-18(19)22-23-24/h6-12,16H,5,13-14H2,1-4H3/t16-/m1/s1. The van der Waals surface area contributed by atoms with Crippen molar-refractivity contribution in [3.05, 3.63) is 53.6 Å². The van der Waals surface area contributed by atoms with E-state index in [0.29, 0.717) is 6.61 Å². The van der Waals surface area contributed by atoms with E-state index in [1.807, 2.05) is 55.1 Å². The molecule has 1 heterocycles. The molecule has 3 rings (SSSR count). The molecule has 0 N–H and O–H groups in total. The quantitative estimate of drug-likeness (QED) is 0.643. The van der Waals surface area contributed by atoms with Crippen LogP contribution in [0.4, 0.5) is 5.69 Å². The number of hydrogen-bond acceptors (Lipinski definition) is 4. The Morgan fingerprint density at radius 3 is 2.74 bits per heavy atom. The summed E-state index contributed by atoms with van der Waals surface area (Å²) in [6, 6.07) is 13.7. The number of nitrogens with zero attached hydrogens (tertiary/aromatic N) is 4. The third-order valence-corrected chi connectivity index (χ3v) is 4.77. The number of benzene rings is 2. The van der Waals surface area contributed by atoms with Crippen LogP contribution in [0.3, 0.4) is 0 Å². The maximum atomic E-state index is 13.4. The number of methoxy groups -OCH3 is 1. The molecule has 0 aliphatic rings. The highest BCUT2D eigenvalue weighted by Gasteiger charge is 2.26. The second-order valence-electron chi connectivity index (χ2n) is 6.74. The molecule has 0 bridgehead atoms. The summed E-state index contributed by atoms with van der Waals surface area (Å²) in [4.78, 5) is 15.2. The van der Waals surface area contributed by atoms with Gasteiger partial charge in [0.25, 0.3) is 0 Å². The number of para-hydroxylation sites is 2. The number of rotatable bonds is 7. The van der Waals surface area contributed by atoms with Crippen LogP contribution < -0.4 is 4.90 Å². The summed E-state index contributed by atoms with van der Waals surface area (Å²) in [5, 5.41) is 8.32. The number of anilines is 1. The van der Waals surface area contributed by atoms with Gasteiger partial charge in [0.1, 0.15) is 12.1 Å². The molecule has 3 aromatic rings. The van der Waals surface area contributed by atoms with Crippen LogP contribution in [0.15, 0.2) is 42.5 Å². The van der Waals surface area contributed by atoms with Crippen LogP contribution in [-0.4, -0.2) is 40.7 Å². The number of ether oxygens (including phenoxy) is 1. The Hall–Kier alpha value is -2.73. The average Bonchev–Trinajstić information content (AvgIpc) is 3.06. The minimum Gasteiger partial charge on any atom is -0.383 e. The molecule has 1 atom stereocenters. The minimum absolute atomic E-state index is 0.0285. The van der Waals surface area contributed by atoms with Gasteiger partial charge in [0, 0.05) is 7.11 Å². The van der Waals surface area contributed by atoms with Crippen LogP contribution >= 0.6 is 0 Å². The molecular formula is C21H26N4O2. The van der Waals surface area contributed by atoms with Crippen molar-refractivity contribution in [1.82, 2.24) is 15.0 Å². The highest BCUT2D eigenvalue weighted by Crippen LogP contribution is 2.28. The SMILES string of the molecule is CCc1cccc(C)c1N(C(=O)Cn1nnc2ccccc21)[C@H](C)COC. The lowest BCUT2D eigenvalue weighted by molar-refractivity contribution is -0.120. The van der Waals surface area contributed by atoms with Gasteiger partial charge in [-0.2, -0.15) is 0 Å². The topological polar surface area (TPSA) is 60.2 Å². The van der Waals surface area contributed by atoms with Gasteiger partial charge in [-0.25, -0.2) is 4.68 Å². The molecular weight excluding hydrogens is 340 g/mol. The predicted molar refractivity (Wildman–Crippen MR) is 107 cm³/mol. The van der Waals surface area contributed by atoms with Gasteiger partial charge in [-0.3, -0.25) is 4.79 Å². The summed E-state index contributed by atoms with van der Waals surface area (Å²) >= 11 is 0. The lowest BCUT2D eigenvalue weighted by Gasteiger charge is -2.32. The van der Waals surface area contributed by atoms with E-state index in [0.717, 1.165) is 34.3 Å². The van der Waals surface area contributed by atoms with Gasteiger partial charge in [0.05, 0.1) is 23.9 Å². The zero-order valence-electron chi connectivity index (χ0n) is 16.3. The molecule has 2 aromatic carbocycles. The largest absolute Gasteiger partial charge is 0.383 e. The van der Waals surface area contributed by atoms with Crippen molar-refractivity contribution in [1.29, 1.82) is 0 Å². The number of carbonyl (C=O) groups is 1. The zero-order valence-corrected chi connectivity index (χ0v) is 16.3. The molecule has 0 spiro atoms. The van der Waals surface area contributed by atoms with Gasteiger partial charge in [-0.1, -0.05) is 42.5 Å². The van der Waals surface area contributed by atoms with Crippen molar-refractivity contribution in [2.75, 3.05) is 18.6 Å². The summed E-state index contributed by atoms with van der Waals surface area (Å²) in [6.45, 7) is 6.74. The third kappa shape index (κ3) is 3.85. The Morgan fingerprint density at radius 2 is 2.00 bits per heavy atom. The molecule has 0 saturated heterocycles. The lowest BCUT2D eigenvalue weighted by Crippen LogP contribution is -2.44. The van der Waals surface area contributed by atoms with E-state index >= 15 is 0 Å². The van der Waals surface area contributed by atoms with Crippen LogP contribution in [0.1, 0.15) is 25.0 Å². The molecule has 0 radical (unpaired) electrons.